The van der Waals surface area contributed by atoms with Crippen molar-refractivity contribution in [2.75, 3.05) is 7.11 Å². The Bertz CT molecular complexity index is 460. The monoisotopic (exact) mass is 267 g/mol. The lowest BCUT2D eigenvalue weighted by atomic mass is 10.0. The van der Waals surface area contributed by atoms with Crippen molar-refractivity contribution < 1.29 is 18.7 Å². The Kier molecular flexibility index (Phi) is 5.48. The van der Waals surface area contributed by atoms with E-state index in [4.69, 9.17) is 0 Å². The fraction of sp³-hybridized carbons (Fsp3) is 0.429. The molecular weight excluding hydrogens is 249 g/mol. The maximum Gasteiger partial charge on any atom is 0.328 e. The molecule has 1 rings (SSSR count). The number of carbonyl (C=O) groups is 2. The molecule has 1 aromatic rings. The van der Waals surface area contributed by atoms with Gasteiger partial charge in [0, 0.05) is 0 Å². The van der Waals surface area contributed by atoms with Crippen molar-refractivity contribution in [3.05, 3.63) is 35.6 Å². The smallest absolute Gasteiger partial charge is 0.328 e. The first kappa shape index (κ1) is 15.1. The van der Waals surface area contributed by atoms with E-state index in [0.717, 1.165) is 0 Å². The van der Waals surface area contributed by atoms with Gasteiger partial charge < -0.3 is 10.1 Å². The highest BCUT2D eigenvalue weighted by molar-refractivity contribution is 5.85. The topological polar surface area (TPSA) is 55.4 Å². The van der Waals surface area contributed by atoms with E-state index >= 15 is 0 Å². The van der Waals surface area contributed by atoms with Crippen LogP contribution in [0.2, 0.25) is 0 Å². The SMILES string of the molecule is COC(=O)C(NC(=O)Cc1cccc(F)c1)C(C)C. The van der Waals surface area contributed by atoms with Crippen LogP contribution in [-0.2, 0) is 20.7 Å². The zero-order chi connectivity index (χ0) is 14.4. The number of benzene rings is 1. The molecule has 1 atom stereocenters. The van der Waals surface area contributed by atoms with Gasteiger partial charge in [-0.3, -0.25) is 4.79 Å². The van der Waals surface area contributed by atoms with E-state index in [1.165, 1.54) is 25.3 Å². The van der Waals surface area contributed by atoms with Crippen molar-refractivity contribution in [2.45, 2.75) is 26.3 Å². The summed E-state index contributed by atoms with van der Waals surface area (Å²) in [5.41, 5.74) is 0.560. The van der Waals surface area contributed by atoms with Crippen molar-refractivity contribution in [1.82, 2.24) is 5.32 Å². The van der Waals surface area contributed by atoms with E-state index in [2.05, 4.69) is 10.1 Å². The quantitative estimate of drug-likeness (QED) is 0.826. The second-order valence-corrected chi connectivity index (χ2v) is 4.62. The molecule has 1 unspecified atom stereocenters. The van der Waals surface area contributed by atoms with Crippen LogP contribution >= 0.6 is 0 Å². The highest BCUT2D eigenvalue weighted by Gasteiger charge is 2.24. The Balaban J connectivity index is 2.65. The lowest BCUT2D eigenvalue weighted by Crippen LogP contribution is -2.45. The van der Waals surface area contributed by atoms with Crippen molar-refractivity contribution in [3.63, 3.8) is 0 Å². The molecule has 0 radical (unpaired) electrons. The Morgan fingerprint density at radius 2 is 2.05 bits per heavy atom. The minimum absolute atomic E-state index is 0.0258. The number of nitrogens with one attached hydrogen (secondary N) is 1. The molecule has 0 saturated carbocycles. The second kappa shape index (κ2) is 6.87. The van der Waals surface area contributed by atoms with Gasteiger partial charge in [-0.15, -0.1) is 0 Å². The number of carbonyl (C=O) groups excluding carboxylic acids is 2. The van der Waals surface area contributed by atoms with Gasteiger partial charge in [0.1, 0.15) is 11.9 Å². The summed E-state index contributed by atoms with van der Waals surface area (Å²) in [7, 11) is 1.27. The van der Waals surface area contributed by atoms with Gasteiger partial charge >= 0.3 is 5.97 Å². The van der Waals surface area contributed by atoms with Crippen LogP contribution < -0.4 is 5.32 Å². The van der Waals surface area contributed by atoms with E-state index in [9.17, 15) is 14.0 Å². The fourth-order valence-corrected chi connectivity index (χ4v) is 1.68. The largest absolute Gasteiger partial charge is 0.467 e. The molecule has 0 aliphatic heterocycles. The molecule has 19 heavy (non-hydrogen) atoms. The summed E-state index contributed by atoms with van der Waals surface area (Å²) in [6.45, 7) is 3.62. The van der Waals surface area contributed by atoms with Gasteiger partial charge in [-0.1, -0.05) is 26.0 Å². The summed E-state index contributed by atoms with van der Waals surface area (Å²) in [6.07, 6.45) is 0.0258. The third kappa shape index (κ3) is 4.69. The third-order valence-corrected chi connectivity index (χ3v) is 2.69. The fourth-order valence-electron chi connectivity index (χ4n) is 1.68. The molecule has 1 aromatic carbocycles. The standard InChI is InChI=1S/C14H18FNO3/c1-9(2)13(14(18)19-3)16-12(17)8-10-5-4-6-11(15)7-10/h4-7,9,13H,8H2,1-3H3,(H,16,17). The van der Waals surface area contributed by atoms with Gasteiger partial charge in [0.25, 0.3) is 0 Å². The predicted molar refractivity (Wildman–Crippen MR) is 68.9 cm³/mol. The van der Waals surface area contributed by atoms with Crippen molar-refractivity contribution in [2.24, 2.45) is 5.92 Å². The molecule has 4 nitrogen and oxygen atoms in total. The van der Waals surface area contributed by atoms with Crippen LogP contribution in [0.25, 0.3) is 0 Å². The number of hydrogen-bond donors (Lipinski definition) is 1. The molecule has 0 aliphatic carbocycles. The molecule has 0 heterocycles. The minimum atomic E-state index is -0.689. The number of amides is 1. The average Bonchev–Trinajstić information content (AvgIpc) is 2.34. The predicted octanol–water partition coefficient (Wildman–Crippen LogP) is 1.68. The summed E-state index contributed by atoms with van der Waals surface area (Å²) in [5, 5.41) is 2.60. The average molecular weight is 267 g/mol. The molecule has 0 aromatic heterocycles. The number of methoxy groups -OCH3 is 1. The summed E-state index contributed by atoms with van der Waals surface area (Å²) in [4.78, 5) is 23.3. The summed E-state index contributed by atoms with van der Waals surface area (Å²) >= 11 is 0. The zero-order valence-corrected chi connectivity index (χ0v) is 11.3. The van der Waals surface area contributed by atoms with Crippen molar-refractivity contribution >= 4 is 11.9 Å². The Morgan fingerprint density at radius 1 is 1.37 bits per heavy atom. The van der Waals surface area contributed by atoms with E-state index < -0.39 is 17.8 Å². The summed E-state index contributed by atoms with van der Waals surface area (Å²) in [5.74, 6) is -1.29. The summed E-state index contributed by atoms with van der Waals surface area (Å²) in [6, 6.07) is 5.11. The number of rotatable bonds is 5. The molecule has 0 bridgehead atoms. The zero-order valence-electron chi connectivity index (χ0n) is 11.3. The van der Waals surface area contributed by atoms with Crippen molar-refractivity contribution in [1.29, 1.82) is 0 Å². The first-order valence-electron chi connectivity index (χ1n) is 6.05. The van der Waals surface area contributed by atoms with E-state index in [1.807, 2.05) is 13.8 Å². The normalized spacial score (nSPS) is 12.1. The molecule has 5 heteroatoms. The first-order valence-corrected chi connectivity index (χ1v) is 6.05. The highest BCUT2D eigenvalue weighted by atomic mass is 19.1. The number of hydrogen-bond acceptors (Lipinski definition) is 3. The Morgan fingerprint density at radius 3 is 2.58 bits per heavy atom. The number of halogens is 1. The van der Waals surface area contributed by atoms with Gasteiger partial charge in [0.15, 0.2) is 0 Å². The molecule has 1 N–H and O–H groups in total. The molecule has 0 saturated heterocycles. The molecule has 0 spiro atoms. The van der Waals surface area contributed by atoms with E-state index in [0.29, 0.717) is 5.56 Å². The van der Waals surface area contributed by atoms with Crippen LogP contribution in [0, 0.1) is 11.7 Å². The molecule has 1 amide bonds. The summed E-state index contributed by atoms with van der Waals surface area (Å²) < 4.78 is 17.6. The molecule has 0 fully saturated rings. The van der Waals surface area contributed by atoms with Gasteiger partial charge in [-0.2, -0.15) is 0 Å². The lowest BCUT2D eigenvalue weighted by molar-refractivity contribution is -0.146. The van der Waals surface area contributed by atoms with E-state index in [1.54, 1.807) is 6.07 Å². The van der Waals surface area contributed by atoms with Gasteiger partial charge in [0.2, 0.25) is 5.91 Å². The van der Waals surface area contributed by atoms with Crippen LogP contribution in [0.5, 0.6) is 0 Å². The van der Waals surface area contributed by atoms with Crippen molar-refractivity contribution in [3.8, 4) is 0 Å². The van der Waals surface area contributed by atoms with Gasteiger partial charge in [0.05, 0.1) is 13.5 Å². The van der Waals surface area contributed by atoms with Crippen LogP contribution in [0.4, 0.5) is 4.39 Å². The van der Waals surface area contributed by atoms with Crippen LogP contribution in [0.15, 0.2) is 24.3 Å². The third-order valence-electron chi connectivity index (χ3n) is 2.69. The minimum Gasteiger partial charge on any atom is -0.467 e. The maximum absolute atomic E-state index is 13.0. The van der Waals surface area contributed by atoms with Gasteiger partial charge in [-0.05, 0) is 23.6 Å². The van der Waals surface area contributed by atoms with Crippen LogP contribution in [0.1, 0.15) is 19.4 Å². The number of ether oxygens (including phenoxy) is 1. The molecule has 104 valence electrons. The number of esters is 1. The van der Waals surface area contributed by atoms with E-state index in [-0.39, 0.29) is 18.2 Å². The first-order chi connectivity index (χ1) is 8.93. The Hall–Kier alpha value is -1.91. The Labute approximate surface area is 112 Å². The molecule has 0 aliphatic rings. The van der Waals surface area contributed by atoms with Crippen LogP contribution in [-0.4, -0.2) is 25.0 Å². The van der Waals surface area contributed by atoms with Gasteiger partial charge in [-0.25, -0.2) is 9.18 Å². The molecular formula is C14H18FNO3. The maximum atomic E-state index is 13.0. The second-order valence-electron chi connectivity index (χ2n) is 4.62. The lowest BCUT2D eigenvalue weighted by Gasteiger charge is -2.19. The van der Waals surface area contributed by atoms with Crippen LogP contribution in [0.3, 0.4) is 0 Å². The highest BCUT2D eigenvalue weighted by Crippen LogP contribution is 2.07.